The number of benzene rings is 1. The van der Waals surface area contributed by atoms with Crippen molar-refractivity contribution in [2.24, 2.45) is 0 Å². The van der Waals surface area contributed by atoms with E-state index in [1.165, 1.54) is 6.07 Å². The molecule has 0 unspecified atom stereocenters. The molecule has 1 aromatic carbocycles. The Morgan fingerprint density at radius 2 is 1.84 bits per heavy atom. The van der Waals surface area contributed by atoms with E-state index in [2.05, 4.69) is 9.97 Å². The summed E-state index contributed by atoms with van der Waals surface area (Å²) in [6.45, 7) is 3.71. The minimum Gasteiger partial charge on any atom is -0.335 e. The van der Waals surface area contributed by atoms with Crippen LogP contribution in [-0.2, 0) is 6.18 Å². The van der Waals surface area contributed by atoms with Crippen LogP contribution in [0.1, 0.15) is 17.0 Å². The molecule has 0 bridgehead atoms. The second kappa shape index (κ2) is 4.77. The van der Waals surface area contributed by atoms with Crippen molar-refractivity contribution in [3.8, 4) is 11.3 Å². The molecule has 0 aliphatic rings. The number of aromatic amines is 1. The highest BCUT2D eigenvalue weighted by atomic mass is 32.1. The summed E-state index contributed by atoms with van der Waals surface area (Å²) in [7, 11) is 0. The summed E-state index contributed by atoms with van der Waals surface area (Å²) in [6, 6.07) is 7.01. The minimum atomic E-state index is -4.54. The average Bonchev–Trinajstić information content (AvgIpc) is 2.30. The van der Waals surface area contributed by atoms with Crippen molar-refractivity contribution in [1.82, 2.24) is 9.97 Å². The zero-order chi connectivity index (χ0) is 14.2. The lowest BCUT2D eigenvalue weighted by Gasteiger charge is -2.11. The molecule has 19 heavy (non-hydrogen) atoms. The van der Waals surface area contributed by atoms with E-state index in [0.717, 1.165) is 11.1 Å². The van der Waals surface area contributed by atoms with E-state index < -0.39 is 12.0 Å². The Kier molecular flexibility index (Phi) is 3.45. The SMILES string of the molecule is Cc1ccc(C)c(-c2cc(=S)nc(C(F)(F)F)[nH]2)c1. The van der Waals surface area contributed by atoms with E-state index in [1.54, 1.807) is 0 Å². The van der Waals surface area contributed by atoms with E-state index in [1.807, 2.05) is 32.0 Å². The normalized spacial score (nSPS) is 11.6. The molecule has 6 heteroatoms. The quantitative estimate of drug-likeness (QED) is 0.784. The van der Waals surface area contributed by atoms with Crippen LogP contribution in [-0.4, -0.2) is 9.97 Å². The number of aromatic nitrogens is 2. The lowest BCUT2D eigenvalue weighted by molar-refractivity contribution is -0.144. The maximum absolute atomic E-state index is 12.7. The van der Waals surface area contributed by atoms with Gasteiger partial charge < -0.3 is 4.98 Å². The highest BCUT2D eigenvalue weighted by Gasteiger charge is 2.34. The van der Waals surface area contributed by atoms with Crippen LogP contribution >= 0.6 is 12.2 Å². The van der Waals surface area contributed by atoms with E-state index in [-0.39, 0.29) is 4.64 Å². The third-order valence-electron chi connectivity index (χ3n) is 2.69. The molecule has 1 aromatic heterocycles. The van der Waals surface area contributed by atoms with Crippen LogP contribution in [0.4, 0.5) is 13.2 Å². The van der Waals surface area contributed by atoms with Crippen molar-refractivity contribution in [3.05, 3.63) is 45.9 Å². The topological polar surface area (TPSA) is 28.7 Å². The van der Waals surface area contributed by atoms with Gasteiger partial charge in [0.05, 0.1) is 5.69 Å². The van der Waals surface area contributed by atoms with Crippen LogP contribution in [0.5, 0.6) is 0 Å². The lowest BCUT2D eigenvalue weighted by Crippen LogP contribution is -2.11. The number of nitrogens with zero attached hydrogens (tertiary/aromatic N) is 1. The van der Waals surface area contributed by atoms with Crippen LogP contribution in [0.25, 0.3) is 11.3 Å². The second-order valence-corrected chi connectivity index (χ2v) is 4.72. The Morgan fingerprint density at radius 1 is 1.16 bits per heavy atom. The fourth-order valence-electron chi connectivity index (χ4n) is 1.76. The van der Waals surface area contributed by atoms with E-state index in [9.17, 15) is 13.2 Å². The first-order valence-corrected chi connectivity index (χ1v) is 5.94. The molecule has 0 saturated carbocycles. The summed E-state index contributed by atoms with van der Waals surface area (Å²) in [5.74, 6) is -1.07. The van der Waals surface area contributed by atoms with Crippen LogP contribution in [0.15, 0.2) is 24.3 Å². The fourth-order valence-corrected chi connectivity index (χ4v) is 1.97. The molecule has 2 aromatic rings. The predicted octanol–water partition coefficient (Wildman–Crippen LogP) is 4.44. The molecule has 0 aliphatic carbocycles. The molecule has 2 nitrogen and oxygen atoms in total. The maximum Gasteiger partial charge on any atom is 0.449 e. The number of H-pyrrole nitrogens is 1. The van der Waals surface area contributed by atoms with Gasteiger partial charge in [0.25, 0.3) is 0 Å². The molecule has 1 N–H and O–H groups in total. The molecule has 0 spiro atoms. The third kappa shape index (κ3) is 3.01. The fraction of sp³-hybridized carbons (Fsp3) is 0.231. The van der Waals surface area contributed by atoms with Gasteiger partial charge in [-0.05, 0) is 31.5 Å². The zero-order valence-corrected chi connectivity index (χ0v) is 11.1. The Hall–Kier alpha value is -1.69. The summed E-state index contributed by atoms with van der Waals surface area (Å²) >= 11 is 4.80. The highest BCUT2D eigenvalue weighted by Crippen LogP contribution is 2.29. The van der Waals surface area contributed by atoms with Gasteiger partial charge in [-0.25, -0.2) is 4.98 Å². The van der Waals surface area contributed by atoms with Gasteiger partial charge in [-0.1, -0.05) is 29.9 Å². The lowest BCUT2D eigenvalue weighted by atomic mass is 10.0. The van der Waals surface area contributed by atoms with Gasteiger partial charge in [0.15, 0.2) is 0 Å². The van der Waals surface area contributed by atoms with E-state index >= 15 is 0 Å². The molecule has 0 fully saturated rings. The number of hydrogen-bond acceptors (Lipinski definition) is 2. The summed E-state index contributed by atoms with van der Waals surface area (Å²) in [5, 5.41) is 0. The summed E-state index contributed by atoms with van der Waals surface area (Å²) in [4.78, 5) is 5.62. The Bertz CT molecular complexity index is 674. The van der Waals surface area contributed by atoms with Crippen molar-refractivity contribution < 1.29 is 13.2 Å². The standard InChI is InChI=1S/C13H11F3N2S/c1-7-3-4-8(2)9(5-7)10-6-11(19)18-12(17-10)13(14,15)16/h3-6H,1-2H3,(H,17,18,19). The summed E-state index contributed by atoms with van der Waals surface area (Å²) in [6.07, 6.45) is -4.54. The zero-order valence-electron chi connectivity index (χ0n) is 10.3. The first kappa shape index (κ1) is 13.7. The van der Waals surface area contributed by atoms with Gasteiger partial charge in [0, 0.05) is 5.56 Å². The largest absolute Gasteiger partial charge is 0.449 e. The highest BCUT2D eigenvalue weighted by molar-refractivity contribution is 7.71. The number of alkyl halides is 3. The smallest absolute Gasteiger partial charge is 0.335 e. The number of aryl methyl sites for hydroxylation is 2. The molecule has 0 atom stereocenters. The van der Waals surface area contributed by atoms with Gasteiger partial charge in [-0.2, -0.15) is 13.2 Å². The van der Waals surface area contributed by atoms with Gasteiger partial charge >= 0.3 is 6.18 Å². The van der Waals surface area contributed by atoms with Gasteiger partial charge in [0.1, 0.15) is 4.64 Å². The van der Waals surface area contributed by atoms with Crippen molar-refractivity contribution in [3.63, 3.8) is 0 Å². The van der Waals surface area contributed by atoms with Crippen LogP contribution in [0.2, 0.25) is 0 Å². The molecule has 2 rings (SSSR count). The Balaban J connectivity index is 2.66. The van der Waals surface area contributed by atoms with Crippen LogP contribution in [0.3, 0.4) is 0 Å². The predicted molar refractivity (Wildman–Crippen MR) is 69.3 cm³/mol. The van der Waals surface area contributed by atoms with Gasteiger partial charge in [-0.3, -0.25) is 0 Å². The van der Waals surface area contributed by atoms with Crippen molar-refractivity contribution in [2.45, 2.75) is 20.0 Å². The first-order valence-electron chi connectivity index (χ1n) is 5.53. The van der Waals surface area contributed by atoms with Crippen molar-refractivity contribution in [1.29, 1.82) is 0 Å². The first-order chi connectivity index (χ1) is 8.77. The summed E-state index contributed by atoms with van der Waals surface area (Å²) in [5.41, 5.74) is 2.85. The van der Waals surface area contributed by atoms with Crippen LogP contribution in [0, 0.1) is 18.5 Å². The molecular formula is C13H11F3N2S. The maximum atomic E-state index is 12.7. The molecule has 0 radical (unpaired) electrons. The molecule has 0 aliphatic heterocycles. The van der Waals surface area contributed by atoms with Gasteiger partial charge in [0.2, 0.25) is 5.82 Å². The average molecular weight is 284 g/mol. The molecule has 1 heterocycles. The molecular weight excluding hydrogens is 273 g/mol. The Morgan fingerprint density at radius 3 is 2.47 bits per heavy atom. The third-order valence-corrected chi connectivity index (χ3v) is 2.90. The number of nitrogens with one attached hydrogen (secondary N) is 1. The van der Waals surface area contributed by atoms with Gasteiger partial charge in [-0.15, -0.1) is 0 Å². The number of hydrogen-bond donors (Lipinski definition) is 1. The monoisotopic (exact) mass is 284 g/mol. The number of rotatable bonds is 1. The van der Waals surface area contributed by atoms with E-state index in [0.29, 0.717) is 11.3 Å². The molecule has 100 valence electrons. The Labute approximate surface area is 113 Å². The van der Waals surface area contributed by atoms with E-state index in [4.69, 9.17) is 12.2 Å². The second-order valence-electron chi connectivity index (χ2n) is 4.30. The van der Waals surface area contributed by atoms with Crippen molar-refractivity contribution in [2.75, 3.05) is 0 Å². The molecule has 0 amide bonds. The van der Waals surface area contributed by atoms with Crippen LogP contribution < -0.4 is 0 Å². The number of halogens is 3. The molecule has 0 saturated heterocycles. The van der Waals surface area contributed by atoms with Crippen molar-refractivity contribution >= 4 is 12.2 Å². The minimum absolute atomic E-state index is 0.0815. The summed E-state index contributed by atoms with van der Waals surface area (Å²) < 4.78 is 38.0.